The molecule has 1 amide bonds. The number of amides is 1. The number of H-pyrrole nitrogens is 2. The monoisotopic (exact) mass is 345 g/mol. The first-order valence-electron chi connectivity index (χ1n) is 7.22. The van der Waals surface area contributed by atoms with Gasteiger partial charge in [-0.2, -0.15) is 5.10 Å². The standard InChI is InChI=1S/C16H16ClN5O2/c1-8-9(2)19-15(18-8)12-7-14(22-21-12)20-16(23)10-4-5-13(24-3)11(17)6-10/h4-7H,1-3H3,(H,18,19)(H2,20,21,22,23). The molecule has 0 saturated heterocycles. The zero-order chi connectivity index (χ0) is 17.3. The van der Waals surface area contributed by atoms with Crippen LogP contribution in [0.5, 0.6) is 5.75 Å². The van der Waals surface area contributed by atoms with E-state index in [9.17, 15) is 4.79 Å². The number of nitrogens with one attached hydrogen (secondary N) is 3. The van der Waals surface area contributed by atoms with Crippen LogP contribution >= 0.6 is 11.6 Å². The number of imidazole rings is 1. The molecule has 2 aromatic heterocycles. The summed E-state index contributed by atoms with van der Waals surface area (Å²) in [5.41, 5.74) is 3.00. The molecule has 0 aliphatic heterocycles. The number of aromatic nitrogens is 4. The number of rotatable bonds is 4. The number of anilines is 1. The van der Waals surface area contributed by atoms with Crippen LogP contribution < -0.4 is 10.1 Å². The van der Waals surface area contributed by atoms with Crippen LogP contribution in [-0.4, -0.2) is 33.2 Å². The van der Waals surface area contributed by atoms with E-state index in [1.165, 1.54) is 7.11 Å². The van der Waals surface area contributed by atoms with E-state index in [2.05, 4.69) is 25.5 Å². The largest absolute Gasteiger partial charge is 0.495 e. The molecule has 0 fully saturated rings. The second-order valence-electron chi connectivity index (χ2n) is 5.27. The smallest absolute Gasteiger partial charge is 0.256 e. The van der Waals surface area contributed by atoms with Gasteiger partial charge in [-0.1, -0.05) is 11.6 Å². The fourth-order valence-electron chi connectivity index (χ4n) is 2.18. The lowest BCUT2D eigenvalue weighted by atomic mass is 10.2. The van der Waals surface area contributed by atoms with Gasteiger partial charge in [0.2, 0.25) is 0 Å². The molecule has 7 nitrogen and oxygen atoms in total. The highest BCUT2D eigenvalue weighted by molar-refractivity contribution is 6.32. The van der Waals surface area contributed by atoms with Crippen molar-refractivity contribution in [3.8, 4) is 17.3 Å². The van der Waals surface area contributed by atoms with Gasteiger partial charge in [-0.15, -0.1) is 0 Å². The van der Waals surface area contributed by atoms with Gasteiger partial charge < -0.3 is 15.0 Å². The van der Waals surface area contributed by atoms with Crippen molar-refractivity contribution in [1.82, 2.24) is 20.2 Å². The average molecular weight is 346 g/mol. The van der Waals surface area contributed by atoms with Crippen molar-refractivity contribution in [3.05, 3.63) is 46.2 Å². The van der Waals surface area contributed by atoms with Crippen molar-refractivity contribution in [2.45, 2.75) is 13.8 Å². The predicted molar refractivity (Wildman–Crippen MR) is 91.6 cm³/mol. The van der Waals surface area contributed by atoms with E-state index in [1.54, 1.807) is 24.3 Å². The first-order chi connectivity index (χ1) is 11.5. The molecule has 0 aliphatic carbocycles. The van der Waals surface area contributed by atoms with Crippen molar-refractivity contribution in [3.63, 3.8) is 0 Å². The van der Waals surface area contributed by atoms with E-state index in [-0.39, 0.29) is 5.91 Å². The van der Waals surface area contributed by atoms with Crippen molar-refractivity contribution in [2.24, 2.45) is 0 Å². The Morgan fingerprint density at radius 3 is 2.71 bits per heavy atom. The molecule has 3 N–H and O–H groups in total. The first kappa shape index (κ1) is 16.1. The minimum Gasteiger partial charge on any atom is -0.495 e. The molecule has 0 bridgehead atoms. The van der Waals surface area contributed by atoms with Gasteiger partial charge in [0, 0.05) is 17.3 Å². The van der Waals surface area contributed by atoms with Gasteiger partial charge >= 0.3 is 0 Å². The molecular formula is C16H16ClN5O2. The summed E-state index contributed by atoms with van der Waals surface area (Å²) in [7, 11) is 1.52. The minimum atomic E-state index is -0.315. The summed E-state index contributed by atoms with van der Waals surface area (Å²) in [5.74, 6) is 1.27. The number of hydrogen-bond acceptors (Lipinski definition) is 4. The molecule has 124 valence electrons. The Hall–Kier alpha value is -2.80. The number of halogens is 1. The molecule has 8 heteroatoms. The van der Waals surface area contributed by atoms with Gasteiger partial charge in [0.15, 0.2) is 11.6 Å². The molecule has 0 aliphatic rings. The summed E-state index contributed by atoms with van der Waals surface area (Å²) in [6, 6.07) is 6.53. The Morgan fingerprint density at radius 2 is 2.08 bits per heavy atom. The summed E-state index contributed by atoms with van der Waals surface area (Å²) < 4.78 is 5.07. The van der Waals surface area contributed by atoms with Crippen LogP contribution in [0.4, 0.5) is 5.82 Å². The molecule has 3 rings (SSSR count). The van der Waals surface area contributed by atoms with Crippen molar-refractivity contribution < 1.29 is 9.53 Å². The van der Waals surface area contributed by atoms with E-state index in [1.807, 2.05) is 13.8 Å². The van der Waals surface area contributed by atoms with E-state index < -0.39 is 0 Å². The first-order valence-corrected chi connectivity index (χ1v) is 7.59. The number of carbonyl (C=O) groups excluding carboxylic acids is 1. The van der Waals surface area contributed by atoms with Crippen LogP contribution in [0.15, 0.2) is 24.3 Å². The van der Waals surface area contributed by atoms with Gasteiger partial charge in [0.25, 0.3) is 5.91 Å². The Labute approximate surface area is 143 Å². The van der Waals surface area contributed by atoms with Gasteiger partial charge in [0.05, 0.1) is 17.8 Å². The van der Waals surface area contributed by atoms with E-state index in [4.69, 9.17) is 16.3 Å². The third-order valence-corrected chi connectivity index (χ3v) is 3.91. The maximum Gasteiger partial charge on any atom is 0.256 e. The van der Waals surface area contributed by atoms with Crippen LogP contribution in [-0.2, 0) is 0 Å². The molecule has 0 spiro atoms. The maximum absolute atomic E-state index is 12.3. The van der Waals surface area contributed by atoms with E-state index >= 15 is 0 Å². The number of hydrogen-bond donors (Lipinski definition) is 3. The third-order valence-electron chi connectivity index (χ3n) is 3.62. The van der Waals surface area contributed by atoms with Crippen LogP contribution in [0.3, 0.4) is 0 Å². The predicted octanol–water partition coefficient (Wildman–Crippen LogP) is 3.33. The van der Waals surface area contributed by atoms with Crippen molar-refractivity contribution in [1.29, 1.82) is 0 Å². The zero-order valence-electron chi connectivity index (χ0n) is 13.4. The highest BCUT2D eigenvalue weighted by Gasteiger charge is 2.13. The third kappa shape index (κ3) is 3.11. The number of aromatic amines is 2. The fourth-order valence-corrected chi connectivity index (χ4v) is 2.44. The van der Waals surface area contributed by atoms with Crippen LogP contribution in [0.25, 0.3) is 11.5 Å². The van der Waals surface area contributed by atoms with Gasteiger partial charge in [0.1, 0.15) is 11.4 Å². The zero-order valence-corrected chi connectivity index (χ0v) is 14.2. The highest BCUT2D eigenvalue weighted by Crippen LogP contribution is 2.25. The molecule has 0 atom stereocenters. The van der Waals surface area contributed by atoms with Gasteiger partial charge in [-0.05, 0) is 32.0 Å². The Morgan fingerprint density at radius 1 is 1.29 bits per heavy atom. The molecule has 0 radical (unpaired) electrons. The van der Waals surface area contributed by atoms with Crippen LogP contribution in [0.1, 0.15) is 21.7 Å². The average Bonchev–Trinajstić information content (AvgIpc) is 3.14. The lowest BCUT2D eigenvalue weighted by Crippen LogP contribution is -2.12. The van der Waals surface area contributed by atoms with Gasteiger partial charge in [-0.3, -0.25) is 9.89 Å². The lowest BCUT2D eigenvalue weighted by molar-refractivity contribution is 0.102. The Balaban J connectivity index is 1.77. The topological polar surface area (TPSA) is 95.7 Å². The lowest BCUT2D eigenvalue weighted by Gasteiger charge is -2.05. The number of benzene rings is 1. The Kier molecular flexibility index (Phi) is 4.26. The molecule has 0 saturated carbocycles. The highest BCUT2D eigenvalue weighted by atomic mass is 35.5. The molecule has 3 aromatic rings. The second-order valence-corrected chi connectivity index (χ2v) is 5.67. The minimum absolute atomic E-state index is 0.315. The molecule has 1 aromatic carbocycles. The van der Waals surface area contributed by atoms with Crippen molar-refractivity contribution >= 4 is 23.3 Å². The quantitative estimate of drug-likeness (QED) is 0.675. The summed E-state index contributed by atoms with van der Waals surface area (Å²) >= 11 is 6.04. The molecular weight excluding hydrogens is 330 g/mol. The summed E-state index contributed by atoms with van der Waals surface area (Å²) in [4.78, 5) is 19.8. The van der Waals surface area contributed by atoms with Gasteiger partial charge in [-0.25, -0.2) is 4.98 Å². The van der Waals surface area contributed by atoms with E-state index in [0.29, 0.717) is 33.7 Å². The molecule has 2 heterocycles. The SMILES string of the molecule is COc1ccc(C(=O)Nc2cc(-c3nc(C)c(C)[nH]3)[nH]n2)cc1Cl. The fraction of sp³-hybridized carbons (Fsp3) is 0.188. The number of ether oxygens (including phenoxy) is 1. The maximum atomic E-state index is 12.3. The Bertz CT molecular complexity index is 880. The number of carbonyl (C=O) groups is 1. The van der Waals surface area contributed by atoms with Crippen molar-refractivity contribution in [2.75, 3.05) is 12.4 Å². The van der Waals surface area contributed by atoms with E-state index in [0.717, 1.165) is 11.4 Å². The number of aryl methyl sites for hydroxylation is 2. The number of methoxy groups -OCH3 is 1. The second kappa shape index (κ2) is 6.37. The van der Waals surface area contributed by atoms with Crippen LogP contribution in [0, 0.1) is 13.8 Å². The molecule has 24 heavy (non-hydrogen) atoms. The number of nitrogens with zero attached hydrogens (tertiary/aromatic N) is 2. The molecule has 0 unspecified atom stereocenters. The normalized spacial score (nSPS) is 10.7. The van der Waals surface area contributed by atoms with Crippen LogP contribution in [0.2, 0.25) is 5.02 Å². The summed E-state index contributed by atoms with van der Waals surface area (Å²) in [5, 5.41) is 10.0. The summed E-state index contributed by atoms with van der Waals surface area (Å²) in [6.45, 7) is 3.86. The summed E-state index contributed by atoms with van der Waals surface area (Å²) in [6.07, 6.45) is 0.